The van der Waals surface area contributed by atoms with Crippen molar-refractivity contribution in [3.05, 3.63) is 65.5 Å². The molecule has 1 aromatic heterocycles. The summed E-state index contributed by atoms with van der Waals surface area (Å²) in [6.07, 6.45) is 3.48. The minimum absolute atomic E-state index is 0.0668. The van der Waals surface area contributed by atoms with Gasteiger partial charge in [-0.1, -0.05) is 47.6 Å². The molecule has 7 nitrogen and oxygen atoms in total. The SMILES string of the molecule is CCOc1ccccc1CCCNC(=O)C1CCN(Cc2nc(-c3ccccc3C)no2)CC1. The molecule has 0 atom stereocenters. The van der Waals surface area contributed by atoms with Gasteiger partial charge >= 0.3 is 0 Å². The fourth-order valence-electron chi connectivity index (χ4n) is 4.44. The van der Waals surface area contributed by atoms with Crippen molar-refractivity contribution in [3.8, 4) is 17.1 Å². The first-order valence-electron chi connectivity index (χ1n) is 12.2. The van der Waals surface area contributed by atoms with Crippen LogP contribution in [-0.4, -0.2) is 47.2 Å². The maximum absolute atomic E-state index is 12.6. The van der Waals surface area contributed by atoms with Crippen LogP contribution in [0.4, 0.5) is 0 Å². The molecule has 0 spiro atoms. The largest absolute Gasteiger partial charge is 0.494 e. The quantitative estimate of drug-likeness (QED) is 0.450. The van der Waals surface area contributed by atoms with Crippen LogP contribution < -0.4 is 10.1 Å². The lowest BCUT2D eigenvalue weighted by atomic mass is 9.96. The lowest BCUT2D eigenvalue weighted by Crippen LogP contribution is -2.40. The zero-order chi connectivity index (χ0) is 23.8. The summed E-state index contributed by atoms with van der Waals surface area (Å²) in [6.45, 7) is 7.69. The molecule has 1 aliphatic rings. The van der Waals surface area contributed by atoms with Crippen LogP contribution in [0.3, 0.4) is 0 Å². The predicted molar refractivity (Wildman–Crippen MR) is 131 cm³/mol. The molecule has 1 aliphatic heterocycles. The average Bonchev–Trinajstić information content (AvgIpc) is 3.31. The third-order valence-electron chi connectivity index (χ3n) is 6.37. The van der Waals surface area contributed by atoms with Gasteiger partial charge in [-0.25, -0.2) is 0 Å². The van der Waals surface area contributed by atoms with Gasteiger partial charge in [-0.05, 0) is 69.8 Å². The van der Waals surface area contributed by atoms with Crippen molar-refractivity contribution in [2.45, 2.75) is 46.1 Å². The van der Waals surface area contributed by atoms with Crippen LogP contribution in [0.25, 0.3) is 11.4 Å². The number of piperidine rings is 1. The van der Waals surface area contributed by atoms with E-state index in [0.29, 0.717) is 31.4 Å². The van der Waals surface area contributed by atoms with Crippen molar-refractivity contribution in [1.82, 2.24) is 20.4 Å². The highest BCUT2D eigenvalue weighted by Gasteiger charge is 2.26. The fraction of sp³-hybridized carbons (Fsp3) is 0.444. The van der Waals surface area contributed by atoms with Gasteiger partial charge in [0.1, 0.15) is 5.75 Å². The molecule has 2 aromatic carbocycles. The molecule has 0 unspecified atom stereocenters. The average molecular weight is 463 g/mol. The zero-order valence-electron chi connectivity index (χ0n) is 20.1. The van der Waals surface area contributed by atoms with E-state index in [1.807, 2.05) is 56.3 Å². The maximum Gasteiger partial charge on any atom is 0.241 e. The minimum atomic E-state index is 0.0668. The van der Waals surface area contributed by atoms with Gasteiger partial charge in [-0.2, -0.15) is 4.98 Å². The van der Waals surface area contributed by atoms with Crippen molar-refractivity contribution < 1.29 is 14.1 Å². The second-order valence-corrected chi connectivity index (χ2v) is 8.81. The van der Waals surface area contributed by atoms with E-state index in [1.54, 1.807) is 0 Å². The Kier molecular flexibility index (Phi) is 8.31. The number of nitrogens with zero attached hydrogens (tertiary/aromatic N) is 3. The highest BCUT2D eigenvalue weighted by atomic mass is 16.5. The number of carbonyl (C=O) groups is 1. The van der Waals surface area contributed by atoms with E-state index in [1.165, 1.54) is 5.56 Å². The third kappa shape index (κ3) is 6.23. The number of ether oxygens (including phenoxy) is 1. The molecule has 1 fully saturated rings. The van der Waals surface area contributed by atoms with Crippen LogP contribution in [0, 0.1) is 12.8 Å². The smallest absolute Gasteiger partial charge is 0.241 e. The second-order valence-electron chi connectivity index (χ2n) is 8.81. The minimum Gasteiger partial charge on any atom is -0.494 e. The Hall–Kier alpha value is -3.19. The Morgan fingerprint density at radius 3 is 2.71 bits per heavy atom. The van der Waals surface area contributed by atoms with Crippen molar-refractivity contribution in [2.75, 3.05) is 26.2 Å². The van der Waals surface area contributed by atoms with E-state index in [4.69, 9.17) is 9.26 Å². The molecule has 0 radical (unpaired) electrons. The summed E-state index contributed by atoms with van der Waals surface area (Å²) in [5, 5.41) is 7.28. The van der Waals surface area contributed by atoms with Crippen molar-refractivity contribution in [2.24, 2.45) is 5.92 Å². The zero-order valence-corrected chi connectivity index (χ0v) is 20.1. The lowest BCUT2D eigenvalue weighted by molar-refractivity contribution is -0.126. The molecule has 34 heavy (non-hydrogen) atoms. The summed E-state index contributed by atoms with van der Waals surface area (Å²) in [7, 11) is 0. The van der Waals surface area contributed by atoms with E-state index in [-0.39, 0.29) is 11.8 Å². The summed E-state index contributed by atoms with van der Waals surface area (Å²) < 4.78 is 11.2. The topological polar surface area (TPSA) is 80.5 Å². The monoisotopic (exact) mass is 462 g/mol. The number of hydrogen-bond donors (Lipinski definition) is 1. The number of nitrogens with one attached hydrogen (secondary N) is 1. The Bertz CT molecular complexity index is 1070. The molecule has 0 saturated carbocycles. The van der Waals surface area contributed by atoms with Crippen LogP contribution in [0.2, 0.25) is 0 Å². The number of benzene rings is 2. The van der Waals surface area contributed by atoms with Gasteiger partial charge in [0, 0.05) is 18.0 Å². The molecule has 4 rings (SSSR count). The van der Waals surface area contributed by atoms with E-state index >= 15 is 0 Å². The molecule has 0 aliphatic carbocycles. The van der Waals surface area contributed by atoms with Crippen LogP contribution in [0.15, 0.2) is 53.1 Å². The number of carbonyl (C=O) groups excluding carboxylic acids is 1. The first-order valence-corrected chi connectivity index (χ1v) is 12.2. The van der Waals surface area contributed by atoms with Crippen LogP contribution in [0.5, 0.6) is 5.75 Å². The Balaban J connectivity index is 1.18. The van der Waals surface area contributed by atoms with Gasteiger partial charge in [0.15, 0.2) is 0 Å². The van der Waals surface area contributed by atoms with Crippen LogP contribution in [0.1, 0.15) is 43.2 Å². The van der Waals surface area contributed by atoms with E-state index in [2.05, 4.69) is 26.4 Å². The van der Waals surface area contributed by atoms with Crippen molar-refractivity contribution in [1.29, 1.82) is 0 Å². The van der Waals surface area contributed by atoms with E-state index in [0.717, 1.165) is 55.6 Å². The number of hydrogen-bond acceptors (Lipinski definition) is 6. The van der Waals surface area contributed by atoms with Gasteiger partial charge in [0.05, 0.1) is 13.2 Å². The number of aromatic nitrogens is 2. The van der Waals surface area contributed by atoms with E-state index in [9.17, 15) is 4.79 Å². The van der Waals surface area contributed by atoms with Crippen LogP contribution >= 0.6 is 0 Å². The number of rotatable bonds is 10. The molecular formula is C27H34N4O3. The van der Waals surface area contributed by atoms with Gasteiger partial charge < -0.3 is 14.6 Å². The molecule has 2 heterocycles. The van der Waals surface area contributed by atoms with Crippen molar-refractivity contribution in [3.63, 3.8) is 0 Å². The maximum atomic E-state index is 12.6. The first kappa shape index (κ1) is 24.0. The second kappa shape index (κ2) is 11.8. The number of para-hydroxylation sites is 1. The van der Waals surface area contributed by atoms with Gasteiger partial charge in [-0.3, -0.25) is 9.69 Å². The molecule has 180 valence electrons. The Morgan fingerprint density at radius 1 is 1.15 bits per heavy atom. The Labute approximate surface area is 201 Å². The van der Waals surface area contributed by atoms with Gasteiger partial charge in [-0.15, -0.1) is 0 Å². The standard InChI is InChI=1S/C27H34N4O3/c1-3-33-24-13-7-5-10-21(24)11-8-16-28-27(32)22-14-17-31(18-15-22)19-25-29-26(30-34-25)23-12-6-4-9-20(23)2/h4-7,9-10,12-13,22H,3,8,11,14-19H2,1-2H3,(H,28,32). The molecule has 0 bridgehead atoms. The number of amides is 1. The number of aryl methyl sites for hydroxylation is 2. The summed E-state index contributed by atoms with van der Waals surface area (Å²) in [6, 6.07) is 16.1. The van der Waals surface area contributed by atoms with Crippen molar-refractivity contribution >= 4 is 5.91 Å². The summed E-state index contributed by atoms with van der Waals surface area (Å²) >= 11 is 0. The fourth-order valence-corrected chi connectivity index (χ4v) is 4.44. The normalized spacial score (nSPS) is 14.8. The van der Waals surface area contributed by atoms with Gasteiger partial charge in [0.2, 0.25) is 17.6 Å². The third-order valence-corrected chi connectivity index (χ3v) is 6.37. The van der Waals surface area contributed by atoms with Crippen LogP contribution in [-0.2, 0) is 17.8 Å². The summed E-state index contributed by atoms with van der Waals surface area (Å²) in [5.74, 6) is 2.42. The number of likely N-dealkylation sites (tertiary alicyclic amines) is 1. The molecule has 3 aromatic rings. The lowest BCUT2D eigenvalue weighted by Gasteiger charge is -2.30. The highest BCUT2D eigenvalue weighted by molar-refractivity contribution is 5.78. The molecule has 1 N–H and O–H groups in total. The van der Waals surface area contributed by atoms with E-state index < -0.39 is 0 Å². The molecule has 1 saturated heterocycles. The van der Waals surface area contributed by atoms with Gasteiger partial charge in [0.25, 0.3) is 0 Å². The molecular weight excluding hydrogens is 428 g/mol. The summed E-state index contributed by atoms with van der Waals surface area (Å²) in [4.78, 5) is 19.5. The molecule has 1 amide bonds. The Morgan fingerprint density at radius 2 is 1.91 bits per heavy atom. The molecule has 7 heteroatoms. The predicted octanol–water partition coefficient (Wildman–Crippen LogP) is 4.40. The highest BCUT2D eigenvalue weighted by Crippen LogP contribution is 2.23. The summed E-state index contributed by atoms with van der Waals surface area (Å²) in [5.41, 5.74) is 3.31. The first-order chi connectivity index (χ1) is 16.6.